The molecule has 3 atom stereocenters. The van der Waals surface area contributed by atoms with Crippen molar-refractivity contribution >= 4 is 17.3 Å². The van der Waals surface area contributed by atoms with E-state index >= 15 is 0 Å². The molecule has 6 nitrogen and oxygen atoms in total. The van der Waals surface area contributed by atoms with Gasteiger partial charge in [0, 0.05) is 41.0 Å². The van der Waals surface area contributed by atoms with Gasteiger partial charge in [-0.05, 0) is 35.1 Å². The van der Waals surface area contributed by atoms with E-state index in [4.69, 9.17) is 5.53 Å². The summed E-state index contributed by atoms with van der Waals surface area (Å²) < 4.78 is 0. The summed E-state index contributed by atoms with van der Waals surface area (Å²) in [6.45, 7) is 0.246. The van der Waals surface area contributed by atoms with Gasteiger partial charge < -0.3 is 5.32 Å². The summed E-state index contributed by atoms with van der Waals surface area (Å²) in [7, 11) is 0. The molecular formula is C20H24N4O2. The zero-order valence-electron chi connectivity index (χ0n) is 14.9. The zero-order valence-corrected chi connectivity index (χ0v) is 14.9. The zero-order chi connectivity index (χ0) is 18.1. The Kier molecular flexibility index (Phi) is 4.68. The summed E-state index contributed by atoms with van der Waals surface area (Å²) in [6.07, 6.45) is 6.95. The van der Waals surface area contributed by atoms with Crippen LogP contribution in [0, 0.1) is 17.8 Å². The Morgan fingerprint density at radius 2 is 1.96 bits per heavy atom. The lowest BCUT2D eigenvalue weighted by Crippen LogP contribution is -2.50. The van der Waals surface area contributed by atoms with E-state index < -0.39 is 0 Å². The van der Waals surface area contributed by atoms with E-state index in [1.165, 1.54) is 19.3 Å². The highest BCUT2D eigenvalue weighted by atomic mass is 16.1. The van der Waals surface area contributed by atoms with Crippen LogP contribution in [0.5, 0.6) is 0 Å². The molecule has 0 spiro atoms. The first-order valence-corrected chi connectivity index (χ1v) is 9.63. The number of anilines is 1. The van der Waals surface area contributed by atoms with Gasteiger partial charge in [-0.3, -0.25) is 9.59 Å². The fraction of sp³-hybridized carbons (Fsp3) is 0.600. The summed E-state index contributed by atoms with van der Waals surface area (Å²) in [5.41, 5.74) is 10.9. The number of carbonyl (C=O) groups is 2. The predicted molar refractivity (Wildman–Crippen MR) is 98.8 cm³/mol. The van der Waals surface area contributed by atoms with E-state index in [9.17, 15) is 9.59 Å². The summed E-state index contributed by atoms with van der Waals surface area (Å²) in [5.74, 6) is 0.979. The van der Waals surface area contributed by atoms with Crippen LogP contribution in [0.4, 0.5) is 5.69 Å². The average Bonchev–Trinajstić information content (AvgIpc) is 2.66. The number of fused-ring (bicyclic) bond motifs is 2. The molecule has 3 aliphatic rings. The van der Waals surface area contributed by atoms with Gasteiger partial charge in [-0.2, -0.15) is 0 Å². The van der Waals surface area contributed by atoms with Gasteiger partial charge in [-0.15, -0.1) is 0 Å². The van der Waals surface area contributed by atoms with Crippen LogP contribution >= 0.6 is 0 Å². The number of rotatable bonds is 3. The van der Waals surface area contributed by atoms with Crippen molar-refractivity contribution in [1.82, 2.24) is 0 Å². The highest BCUT2D eigenvalue weighted by Gasteiger charge is 2.47. The molecule has 1 aromatic carbocycles. The van der Waals surface area contributed by atoms with Crippen molar-refractivity contribution in [2.75, 3.05) is 5.32 Å². The summed E-state index contributed by atoms with van der Waals surface area (Å²) in [4.78, 5) is 28.5. The molecule has 1 heterocycles. The minimum atomic E-state index is -0.113. The van der Waals surface area contributed by atoms with Gasteiger partial charge in [-0.25, -0.2) is 0 Å². The molecule has 0 saturated heterocycles. The molecular weight excluding hydrogens is 328 g/mol. The van der Waals surface area contributed by atoms with Crippen LogP contribution < -0.4 is 5.32 Å². The average molecular weight is 352 g/mol. The van der Waals surface area contributed by atoms with Crippen molar-refractivity contribution in [3.63, 3.8) is 0 Å². The van der Waals surface area contributed by atoms with Crippen LogP contribution in [0.15, 0.2) is 23.3 Å². The molecule has 26 heavy (non-hydrogen) atoms. The Labute approximate surface area is 153 Å². The second-order valence-corrected chi connectivity index (χ2v) is 7.92. The fourth-order valence-corrected chi connectivity index (χ4v) is 5.20. The summed E-state index contributed by atoms with van der Waals surface area (Å²) in [6, 6.07) is 5.52. The number of Topliss-reactive ketones (excluding diaryl/α,β-unsaturated/α-hetero) is 2. The second-order valence-electron chi connectivity index (χ2n) is 7.92. The number of ketones is 2. The molecule has 0 bridgehead atoms. The van der Waals surface area contributed by atoms with Gasteiger partial charge >= 0.3 is 0 Å². The van der Waals surface area contributed by atoms with E-state index in [0.717, 1.165) is 24.1 Å². The number of carbonyl (C=O) groups excluding carboxylic acids is 2. The highest BCUT2D eigenvalue weighted by Crippen LogP contribution is 2.45. The molecule has 0 radical (unpaired) electrons. The van der Waals surface area contributed by atoms with Crippen molar-refractivity contribution in [3.8, 4) is 0 Å². The Morgan fingerprint density at radius 3 is 2.73 bits per heavy atom. The van der Waals surface area contributed by atoms with Crippen LogP contribution in [0.2, 0.25) is 0 Å². The quantitative estimate of drug-likeness (QED) is 0.487. The fourth-order valence-electron chi connectivity index (χ4n) is 5.20. The molecule has 0 amide bonds. The standard InChI is InChI=1S/C20H24N4O2/c21-24-22-11-12-6-7-17-16(8-12)20(26)19-15(13-4-2-1-3-5-13)9-14(25)10-18(19)23-17/h6-8,13,15,18-19,23H,1-5,9-11H2/t15-,18-,19+/m1/s1. The molecule has 2 saturated carbocycles. The maximum absolute atomic E-state index is 13.4. The van der Waals surface area contributed by atoms with E-state index in [2.05, 4.69) is 15.3 Å². The van der Waals surface area contributed by atoms with Crippen molar-refractivity contribution in [1.29, 1.82) is 0 Å². The van der Waals surface area contributed by atoms with E-state index in [-0.39, 0.29) is 36.0 Å². The topological polar surface area (TPSA) is 94.9 Å². The lowest BCUT2D eigenvalue weighted by molar-refractivity contribution is -0.123. The highest BCUT2D eigenvalue weighted by molar-refractivity contribution is 6.06. The first-order valence-electron chi connectivity index (χ1n) is 9.63. The third kappa shape index (κ3) is 3.10. The molecule has 2 aliphatic carbocycles. The first-order chi connectivity index (χ1) is 12.7. The van der Waals surface area contributed by atoms with Crippen LogP contribution in [0.25, 0.3) is 10.4 Å². The molecule has 1 aliphatic heterocycles. The monoisotopic (exact) mass is 352 g/mol. The van der Waals surface area contributed by atoms with Crippen molar-refractivity contribution in [2.24, 2.45) is 22.9 Å². The Morgan fingerprint density at radius 1 is 1.15 bits per heavy atom. The van der Waals surface area contributed by atoms with E-state index in [1.807, 2.05) is 18.2 Å². The number of azide groups is 1. The van der Waals surface area contributed by atoms with Crippen molar-refractivity contribution < 1.29 is 9.59 Å². The van der Waals surface area contributed by atoms with Gasteiger partial charge in [0.1, 0.15) is 5.78 Å². The van der Waals surface area contributed by atoms with Gasteiger partial charge in [-0.1, -0.05) is 43.3 Å². The van der Waals surface area contributed by atoms with E-state index in [1.54, 1.807) is 0 Å². The Balaban J connectivity index is 1.66. The molecule has 1 N–H and O–H groups in total. The summed E-state index contributed by atoms with van der Waals surface area (Å²) in [5, 5.41) is 7.07. The molecule has 6 heteroatoms. The van der Waals surface area contributed by atoms with Gasteiger partial charge in [0.2, 0.25) is 0 Å². The first kappa shape index (κ1) is 17.1. The maximum Gasteiger partial charge on any atom is 0.170 e. The smallest absolute Gasteiger partial charge is 0.170 e. The van der Waals surface area contributed by atoms with Gasteiger partial charge in [0.05, 0.1) is 6.54 Å². The lowest BCUT2D eigenvalue weighted by Gasteiger charge is -2.45. The molecule has 0 aromatic heterocycles. The van der Waals surface area contributed by atoms with Gasteiger partial charge in [0.15, 0.2) is 5.78 Å². The second kappa shape index (κ2) is 7.12. The normalized spacial score (nSPS) is 28.5. The van der Waals surface area contributed by atoms with Gasteiger partial charge in [0.25, 0.3) is 0 Å². The Hall–Kier alpha value is -2.33. The number of nitrogens with one attached hydrogen (secondary N) is 1. The van der Waals surface area contributed by atoms with Crippen molar-refractivity contribution in [2.45, 2.75) is 57.5 Å². The van der Waals surface area contributed by atoms with E-state index in [0.29, 0.717) is 24.3 Å². The van der Waals surface area contributed by atoms with Crippen LogP contribution in [0.1, 0.15) is 60.9 Å². The molecule has 2 fully saturated rings. The van der Waals surface area contributed by atoms with Crippen LogP contribution in [-0.4, -0.2) is 17.6 Å². The van der Waals surface area contributed by atoms with Crippen LogP contribution in [0.3, 0.4) is 0 Å². The maximum atomic E-state index is 13.4. The number of hydrogen-bond donors (Lipinski definition) is 1. The largest absolute Gasteiger partial charge is 0.381 e. The third-order valence-corrected chi connectivity index (χ3v) is 6.37. The van der Waals surface area contributed by atoms with Crippen molar-refractivity contribution in [3.05, 3.63) is 39.8 Å². The molecule has 1 aromatic rings. The SMILES string of the molecule is [N-]=[N+]=NCc1ccc2c(c1)C(=O)[C@H]1[C@@H](C3CCCCC3)CC(=O)C[C@H]1N2. The molecule has 136 valence electrons. The third-order valence-electron chi connectivity index (χ3n) is 6.37. The molecule has 0 unspecified atom stereocenters. The predicted octanol–water partition coefficient (Wildman–Crippen LogP) is 4.65. The van der Waals surface area contributed by atoms with Crippen LogP contribution in [-0.2, 0) is 11.3 Å². The number of nitrogens with zero attached hydrogens (tertiary/aromatic N) is 3. The number of benzene rings is 1. The Bertz CT molecular complexity index is 778. The minimum absolute atomic E-state index is 0.0776. The molecule has 4 rings (SSSR count). The number of hydrogen-bond acceptors (Lipinski definition) is 4. The lowest BCUT2D eigenvalue weighted by atomic mass is 9.62. The summed E-state index contributed by atoms with van der Waals surface area (Å²) >= 11 is 0. The minimum Gasteiger partial charge on any atom is -0.381 e.